The molecular weight excluding hydrogens is 330 g/mol. The van der Waals surface area contributed by atoms with Crippen LogP contribution in [0.25, 0.3) is 0 Å². The zero-order valence-electron chi connectivity index (χ0n) is 14.2. The van der Waals surface area contributed by atoms with E-state index in [1.165, 1.54) is 6.07 Å². The Labute approximate surface area is 147 Å². The van der Waals surface area contributed by atoms with E-state index in [-0.39, 0.29) is 22.5 Å². The molecule has 1 aromatic rings. The molecule has 1 aliphatic rings. The molecule has 0 bridgehead atoms. The first kappa shape index (κ1) is 18.7. The van der Waals surface area contributed by atoms with Crippen molar-refractivity contribution in [2.45, 2.75) is 33.2 Å². The Bertz CT molecular complexity index is 605. The molecule has 1 heterocycles. The summed E-state index contributed by atoms with van der Waals surface area (Å²) in [5, 5.41) is 11.2. The van der Waals surface area contributed by atoms with E-state index in [9.17, 15) is 14.9 Å². The van der Waals surface area contributed by atoms with Gasteiger partial charge in [-0.2, -0.15) is 0 Å². The summed E-state index contributed by atoms with van der Waals surface area (Å²) < 4.78 is 0. The maximum Gasteiger partial charge on any atom is 0.288 e. The number of nitrogens with zero attached hydrogens (tertiary/aromatic N) is 3. The van der Waals surface area contributed by atoms with E-state index in [1.54, 1.807) is 6.07 Å². The SMILES string of the molecule is CCN(CC)C(=O)C1CCCN(Cc2ccc(Cl)c([N+](=O)[O-])c2)C1. The molecule has 0 radical (unpaired) electrons. The normalized spacial score (nSPS) is 18.4. The molecule has 0 aromatic heterocycles. The number of benzene rings is 1. The second kappa shape index (κ2) is 8.44. The summed E-state index contributed by atoms with van der Waals surface area (Å²) in [7, 11) is 0. The Kier molecular flexibility index (Phi) is 6.57. The van der Waals surface area contributed by atoms with Crippen LogP contribution in [0.3, 0.4) is 0 Å². The molecule has 1 amide bonds. The maximum absolute atomic E-state index is 12.5. The van der Waals surface area contributed by atoms with Crippen molar-refractivity contribution in [2.24, 2.45) is 5.92 Å². The third-order valence-corrected chi connectivity index (χ3v) is 4.86. The van der Waals surface area contributed by atoms with Crippen molar-refractivity contribution in [1.29, 1.82) is 0 Å². The second-order valence-corrected chi connectivity index (χ2v) is 6.53. The summed E-state index contributed by atoms with van der Waals surface area (Å²) in [6.07, 6.45) is 1.87. The van der Waals surface area contributed by atoms with Crippen molar-refractivity contribution in [2.75, 3.05) is 26.2 Å². The number of likely N-dealkylation sites (tertiary alicyclic amines) is 1. The van der Waals surface area contributed by atoms with Gasteiger partial charge in [-0.25, -0.2) is 0 Å². The van der Waals surface area contributed by atoms with Crippen molar-refractivity contribution in [1.82, 2.24) is 9.80 Å². The first-order valence-corrected chi connectivity index (χ1v) is 8.78. The smallest absolute Gasteiger partial charge is 0.288 e. The van der Waals surface area contributed by atoms with Gasteiger partial charge in [-0.1, -0.05) is 17.7 Å². The van der Waals surface area contributed by atoms with Crippen LogP contribution in [0.1, 0.15) is 32.3 Å². The summed E-state index contributed by atoms with van der Waals surface area (Å²) in [5.41, 5.74) is 0.781. The van der Waals surface area contributed by atoms with Gasteiger partial charge in [0.15, 0.2) is 0 Å². The highest BCUT2D eigenvalue weighted by molar-refractivity contribution is 6.32. The number of nitro groups is 1. The molecular formula is C17H24ClN3O3. The topological polar surface area (TPSA) is 66.7 Å². The van der Waals surface area contributed by atoms with Gasteiger partial charge in [0.05, 0.1) is 10.8 Å². The molecule has 0 aliphatic carbocycles. The van der Waals surface area contributed by atoms with Gasteiger partial charge in [0.1, 0.15) is 5.02 Å². The predicted octanol–water partition coefficient (Wildman–Crippen LogP) is 3.33. The van der Waals surface area contributed by atoms with Crippen LogP contribution in [0.2, 0.25) is 5.02 Å². The Morgan fingerprint density at radius 1 is 1.42 bits per heavy atom. The van der Waals surface area contributed by atoms with Crippen molar-refractivity contribution >= 4 is 23.2 Å². The fourth-order valence-corrected chi connectivity index (χ4v) is 3.44. The minimum Gasteiger partial charge on any atom is -0.343 e. The molecule has 1 saturated heterocycles. The molecule has 1 unspecified atom stereocenters. The van der Waals surface area contributed by atoms with E-state index in [0.29, 0.717) is 13.1 Å². The van der Waals surface area contributed by atoms with E-state index >= 15 is 0 Å². The number of rotatable bonds is 6. The summed E-state index contributed by atoms with van der Waals surface area (Å²) >= 11 is 5.86. The van der Waals surface area contributed by atoms with E-state index in [0.717, 1.165) is 38.0 Å². The number of halogens is 1. The highest BCUT2D eigenvalue weighted by Gasteiger charge is 2.28. The number of hydrogen-bond donors (Lipinski definition) is 0. The lowest BCUT2D eigenvalue weighted by molar-refractivity contribution is -0.384. The van der Waals surface area contributed by atoms with Crippen LogP contribution >= 0.6 is 11.6 Å². The standard InChI is InChI=1S/C17H24ClN3O3/c1-3-20(4-2)17(22)14-6-5-9-19(12-14)11-13-7-8-15(18)16(10-13)21(23)24/h7-8,10,14H,3-6,9,11-12H2,1-2H3. The molecule has 1 fully saturated rings. The number of amides is 1. The average Bonchev–Trinajstić information content (AvgIpc) is 2.57. The fraction of sp³-hybridized carbons (Fsp3) is 0.588. The second-order valence-electron chi connectivity index (χ2n) is 6.13. The van der Waals surface area contributed by atoms with E-state index in [4.69, 9.17) is 11.6 Å². The van der Waals surface area contributed by atoms with Gasteiger partial charge < -0.3 is 4.90 Å². The van der Waals surface area contributed by atoms with Crippen LogP contribution in [0.15, 0.2) is 18.2 Å². The summed E-state index contributed by atoms with van der Waals surface area (Å²) in [4.78, 5) is 27.2. The predicted molar refractivity (Wildman–Crippen MR) is 94.0 cm³/mol. The lowest BCUT2D eigenvalue weighted by Crippen LogP contribution is -2.44. The highest BCUT2D eigenvalue weighted by atomic mass is 35.5. The molecule has 7 heteroatoms. The first-order valence-electron chi connectivity index (χ1n) is 8.40. The molecule has 0 N–H and O–H groups in total. The van der Waals surface area contributed by atoms with E-state index in [1.807, 2.05) is 24.8 Å². The van der Waals surface area contributed by atoms with Gasteiger partial charge in [-0.15, -0.1) is 0 Å². The molecule has 24 heavy (non-hydrogen) atoms. The number of carbonyl (C=O) groups excluding carboxylic acids is 1. The number of nitro benzene ring substituents is 1. The summed E-state index contributed by atoms with van der Waals surface area (Å²) in [6.45, 7) is 7.65. The lowest BCUT2D eigenvalue weighted by Gasteiger charge is -2.34. The van der Waals surface area contributed by atoms with Crippen LogP contribution in [0, 0.1) is 16.0 Å². The van der Waals surface area contributed by atoms with Crippen molar-refractivity contribution in [3.63, 3.8) is 0 Å². The van der Waals surface area contributed by atoms with E-state index in [2.05, 4.69) is 4.90 Å². The Hall–Kier alpha value is -1.66. The molecule has 0 spiro atoms. The molecule has 6 nitrogen and oxygen atoms in total. The number of piperidine rings is 1. The van der Waals surface area contributed by atoms with Gasteiger partial charge in [0.25, 0.3) is 5.69 Å². The van der Waals surface area contributed by atoms with E-state index < -0.39 is 4.92 Å². The van der Waals surface area contributed by atoms with Crippen LogP contribution in [-0.2, 0) is 11.3 Å². The summed E-state index contributed by atoms with van der Waals surface area (Å²) in [5.74, 6) is 0.229. The van der Waals surface area contributed by atoms with Gasteiger partial charge in [0.2, 0.25) is 5.91 Å². The first-order chi connectivity index (χ1) is 11.5. The molecule has 1 aliphatic heterocycles. The zero-order chi connectivity index (χ0) is 17.7. The molecule has 0 saturated carbocycles. The largest absolute Gasteiger partial charge is 0.343 e. The minimum atomic E-state index is -0.464. The monoisotopic (exact) mass is 353 g/mol. The van der Waals surface area contributed by atoms with Crippen LogP contribution < -0.4 is 0 Å². The van der Waals surface area contributed by atoms with Crippen LogP contribution in [-0.4, -0.2) is 46.8 Å². The third-order valence-electron chi connectivity index (χ3n) is 4.54. The van der Waals surface area contributed by atoms with Gasteiger partial charge >= 0.3 is 0 Å². The third kappa shape index (κ3) is 4.45. The zero-order valence-corrected chi connectivity index (χ0v) is 15.0. The van der Waals surface area contributed by atoms with Crippen molar-refractivity contribution in [3.8, 4) is 0 Å². The average molecular weight is 354 g/mol. The van der Waals surface area contributed by atoms with Crippen molar-refractivity contribution < 1.29 is 9.72 Å². The molecule has 132 valence electrons. The molecule has 1 atom stereocenters. The Morgan fingerprint density at radius 3 is 2.75 bits per heavy atom. The Balaban J connectivity index is 2.04. The van der Waals surface area contributed by atoms with Crippen LogP contribution in [0.4, 0.5) is 5.69 Å². The summed E-state index contributed by atoms with van der Waals surface area (Å²) in [6, 6.07) is 4.90. The van der Waals surface area contributed by atoms with Crippen molar-refractivity contribution in [3.05, 3.63) is 38.9 Å². The highest BCUT2D eigenvalue weighted by Crippen LogP contribution is 2.27. The molecule has 1 aromatic carbocycles. The quantitative estimate of drug-likeness (QED) is 0.581. The van der Waals surface area contributed by atoms with Gasteiger partial charge in [-0.3, -0.25) is 19.8 Å². The van der Waals surface area contributed by atoms with Gasteiger partial charge in [-0.05, 0) is 44.9 Å². The van der Waals surface area contributed by atoms with Gasteiger partial charge in [0, 0.05) is 32.2 Å². The fourth-order valence-electron chi connectivity index (χ4n) is 3.25. The van der Waals surface area contributed by atoms with Crippen LogP contribution in [0.5, 0.6) is 0 Å². The maximum atomic E-state index is 12.5. The number of carbonyl (C=O) groups is 1. The molecule has 2 rings (SSSR count). The lowest BCUT2D eigenvalue weighted by atomic mass is 9.96. The number of hydrogen-bond acceptors (Lipinski definition) is 4. The Morgan fingerprint density at radius 2 is 2.12 bits per heavy atom. The minimum absolute atomic E-state index is 0.0148.